The van der Waals surface area contributed by atoms with Crippen molar-refractivity contribution in [3.8, 4) is 5.75 Å². The molecule has 1 aromatic carbocycles. The van der Waals surface area contributed by atoms with E-state index in [-0.39, 0.29) is 18.0 Å². The molecule has 0 saturated carbocycles. The fourth-order valence-corrected chi connectivity index (χ4v) is 5.17. The van der Waals surface area contributed by atoms with Gasteiger partial charge in [0.25, 0.3) is 5.91 Å². The van der Waals surface area contributed by atoms with Gasteiger partial charge >= 0.3 is 0 Å². The van der Waals surface area contributed by atoms with E-state index in [1.54, 1.807) is 82.8 Å². The average Bonchev–Trinajstić information content (AvgIpc) is 2.91. The summed E-state index contributed by atoms with van der Waals surface area (Å²) in [5, 5.41) is 0. The zero-order valence-electron chi connectivity index (χ0n) is 22.2. The van der Waals surface area contributed by atoms with Gasteiger partial charge in [-0.25, -0.2) is 13.9 Å². The molecular formula is C27H34N4O6S. The molecule has 0 aliphatic carbocycles. The number of amides is 1. The van der Waals surface area contributed by atoms with Gasteiger partial charge in [0.2, 0.25) is 10.0 Å². The maximum atomic E-state index is 14.0. The van der Waals surface area contributed by atoms with Gasteiger partial charge in [0.05, 0.1) is 30.3 Å². The van der Waals surface area contributed by atoms with E-state index >= 15 is 0 Å². The molecule has 0 bridgehead atoms. The molecule has 0 aliphatic rings. The fraction of sp³-hybridized carbons (Fsp3) is 0.370. The number of hydrogen-bond donors (Lipinski definition) is 1. The number of pyridine rings is 2. The van der Waals surface area contributed by atoms with Crippen LogP contribution in [0.3, 0.4) is 0 Å². The Balaban J connectivity index is 2.03. The maximum absolute atomic E-state index is 14.0. The minimum Gasteiger partial charge on any atom is -0.497 e. The lowest BCUT2D eigenvalue weighted by Crippen LogP contribution is -2.55. The van der Waals surface area contributed by atoms with Crippen molar-refractivity contribution < 1.29 is 27.5 Å². The van der Waals surface area contributed by atoms with E-state index in [1.807, 2.05) is 6.07 Å². The van der Waals surface area contributed by atoms with E-state index in [0.29, 0.717) is 11.3 Å². The molecule has 1 amide bonds. The third-order valence-corrected chi connectivity index (χ3v) is 7.29. The van der Waals surface area contributed by atoms with Gasteiger partial charge in [-0.05, 0) is 75.2 Å². The molecule has 1 N–H and O–H groups in total. The lowest BCUT2D eigenvalue weighted by Gasteiger charge is -2.34. The van der Waals surface area contributed by atoms with Crippen LogP contribution >= 0.6 is 0 Å². The summed E-state index contributed by atoms with van der Waals surface area (Å²) in [5.74, 6) is -0.164. The van der Waals surface area contributed by atoms with Crippen LogP contribution in [0, 0.1) is 0 Å². The zero-order chi connectivity index (χ0) is 27.8. The number of methoxy groups -OCH3 is 1. The highest BCUT2D eigenvalue weighted by atomic mass is 32.2. The number of nitrogens with zero attached hydrogens (tertiary/aromatic N) is 3. The number of sulfonamides is 1. The van der Waals surface area contributed by atoms with E-state index in [9.17, 15) is 13.2 Å². The second kappa shape index (κ2) is 12.9. The smallest absolute Gasteiger partial charge is 0.264 e. The predicted molar refractivity (Wildman–Crippen MR) is 141 cm³/mol. The summed E-state index contributed by atoms with van der Waals surface area (Å²) >= 11 is 0. The van der Waals surface area contributed by atoms with Gasteiger partial charge in [-0.15, -0.1) is 0 Å². The van der Waals surface area contributed by atoms with Gasteiger partial charge in [-0.3, -0.25) is 19.6 Å². The molecule has 3 aromatic rings. The van der Waals surface area contributed by atoms with Gasteiger partial charge in [0.1, 0.15) is 11.8 Å². The molecule has 38 heavy (non-hydrogen) atoms. The summed E-state index contributed by atoms with van der Waals surface area (Å²) in [7, 11) is -2.71. The molecule has 10 nitrogen and oxygen atoms in total. The van der Waals surface area contributed by atoms with E-state index in [4.69, 9.17) is 14.3 Å². The number of ether oxygens (including phenoxy) is 2. The minimum atomic E-state index is -4.21. The molecule has 0 fully saturated rings. The Morgan fingerprint density at radius 2 is 1.61 bits per heavy atom. The Labute approximate surface area is 224 Å². The molecule has 0 radical (unpaired) electrons. The summed E-state index contributed by atoms with van der Waals surface area (Å²) in [5.41, 5.74) is 3.11. The molecule has 3 rings (SSSR count). The molecule has 2 unspecified atom stereocenters. The second-order valence-electron chi connectivity index (χ2n) is 9.59. The van der Waals surface area contributed by atoms with Crippen LogP contribution in [-0.2, 0) is 37.5 Å². The molecular weight excluding hydrogens is 508 g/mol. The number of carbonyl (C=O) groups excluding carboxylic acids is 1. The minimum absolute atomic E-state index is 0.00353. The first-order valence-electron chi connectivity index (χ1n) is 12.0. The molecule has 2 aromatic heterocycles. The third kappa shape index (κ3) is 8.06. The van der Waals surface area contributed by atoms with Gasteiger partial charge in [-0.1, -0.05) is 12.1 Å². The van der Waals surface area contributed by atoms with Crippen LogP contribution in [0.2, 0.25) is 0 Å². The summed E-state index contributed by atoms with van der Waals surface area (Å²) in [6.45, 7) is 6.96. The number of aromatic nitrogens is 2. The number of hydroxylamine groups is 1. The summed E-state index contributed by atoms with van der Waals surface area (Å²) in [6, 6.07) is 11.7. The van der Waals surface area contributed by atoms with Crippen molar-refractivity contribution in [2.45, 2.75) is 63.5 Å². The fourth-order valence-electron chi connectivity index (χ4n) is 3.53. The van der Waals surface area contributed by atoms with E-state index in [1.165, 1.54) is 19.2 Å². The van der Waals surface area contributed by atoms with E-state index < -0.39 is 33.7 Å². The van der Waals surface area contributed by atoms with Crippen LogP contribution in [0.5, 0.6) is 5.75 Å². The second-order valence-corrected chi connectivity index (χ2v) is 11.5. The highest BCUT2D eigenvalue weighted by molar-refractivity contribution is 7.89. The highest BCUT2D eigenvalue weighted by Gasteiger charge is 2.41. The lowest BCUT2D eigenvalue weighted by molar-refractivity contribution is -0.154. The number of carbonyl (C=O) groups is 1. The predicted octanol–water partition coefficient (Wildman–Crippen LogP) is 3.50. The van der Waals surface area contributed by atoms with Crippen LogP contribution in [0.15, 0.2) is 78.2 Å². The summed E-state index contributed by atoms with van der Waals surface area (Å²) in [4.78, 5) is 27.3. The first-order valence-corrected chi connectivity index (χ1v) is 13.5. The number of benzene rings is 1. The molecule has 11 heteroatoms. The lowest BCUT2D eigenvalue weighted by atomic mass is 10.1. The first-order chi connectivity index (χ1) is 18.0. The number of rotatable bonds is 12. The van der Waals surface area contributed by atoms with Crippen molar-refractivity contribution in [2.75, 3.05) is 7.11 Å². The van der Waals surface area contributed by atoms with E-state index in [0.717, 1.165) is 9.87 Å². The molecule has 0 spiro atoms. The van der Waals surface area contributed by atoms with Crippen LogP contribution in [0.4, 0.5) is 0 Å². The average molecular weight is 543 g/mol. The SMILES string of the molecule is COc1ccc(S(=O)(=O)N(Cc2cccnc2)C(C(=O)NOC(C)(C)C)C(C)OCc2cccnc2)cc1. The van der Waals surface area contributed by atoms with Gasteiger partial charge < -0.3 is 9.47 Å². The van der Waals surface area contributed by atoms with E-state index in [2.05, 4.69) is 15.4 Å². The first kappa shape index (κ1) is 29.2. The van der Waals surface area contributed by atoms with Crippen molar-refractivity contribution >= 4 is 15.9 Å². The van der Waals surface area contributed by atoms with Crippen LogP contribution in [0.1, 0.15) is 38.8 Å². The molecule has 2 atom stereocenters. The van der Waals surface area contributed by atoms with Crippen molar-refractivity contribution in [1.29, 1.82) is 0 Å². The number of nitrogens with one attached hydrogen (secondary N) is 1. The van der Waals surface area contributed by atoms with Crippen LogP contribution < -0.4 is 10.2 Å². The Hall–Kier alpha value is -3.38. The van der Waals surface area contributed by atoms with Crippen molar-refractivity contribution in [3.63, 3.8) is 0 Å². The summed E-state index contributed by atoms with van der Waals surface area (Å²) < 4.78 is 40.4. The Morgan fingerprint density at radius 1 is 1.00 bits per heavy atom. The molecule has 2 heterocycles. The van der Waals surface area contributed by atoms with Crippen molar-refractivity contribution in [3.05, 3.63) is 84.4 Å². The Morgan fingerprint density at radius 3 is 2.13 bits per heavy atom. The maximum Gasteiger partial charge on any atom is 0.264 e. The monoisotopic (exact) mass is 542 g/mol. The highest BCUT2D eigenvalue weighted by Crippen LogP contribution is 2.26. The normalized spacial score (nSPS) is 13.6. The zero-order valence-corrected chi connectivity index (χ0v) is 23.0. The topological polar surface area (TPSA) is 120 Å². The van der Waals surface area contributed by atoms with Crippen molar-refractivity contribution in [1.82, 2.24) is 19.8 Å². The van der Waals surface area contributed by atoms with Gasteiger partial charge in [0.15, 0.2) is 0 Å². The Bertz CT molecular complexity index is 1270. The summed E-state index contributed by atoms with van der Waals surface area (Å²) in [6.07, 6.45) is 5.56. The number of hydrogen-bond acceptors (Lipinski definition) is 8. The molecule has 0 saturated heterocycles. The Kier molecular flexibility index (Phi) is 9.92. The van der Waals surface area contributed by atoms with Crippen LogP contribution in [-0.4, -0.2) is 53.5 Å². The molecule has 0 aliphatic heterocycles. The molecule has 204 valence electrons. The van der Waals surface area contributed by atoms with Gasteiger partial charge in [-0.2, -0.15) is 4.31 Å². The third-order valence-electron chi connectivity index (χ3n) is 5.44. The van der Waals surface area contributed by atoms with Gasteiger partial charge in [0, 0.05) is 31.3 Å². The standard InChI is InChI=1S/C27H34N4O6S/c1-20(36-19-22-9-7-15-29-17-22)25(26(32)30-37-27(2,3)4)31(18-21-8-6-14-28-16-21)38(33,34)24-12-10-23(35-5)11-13-24/h6-17,20,25H,18-19H2,1-5H3,(H,30,32). The van der Waals surface area contributed by atoms with Crippen LogP contribution in [0.25, 0.3) is 0 Å². The quantitative estimate of drug-likeness (QED) is 0.346. The largest absolute Gasteiger partial charge is 0.497 e. The van der Waals surface area contributed by atoms with Crippen molar-refractivity contribution in [2.24, 2.45) is 0 Å².